The van der Waals surface area contributed by atoms with Gasteiger partial charge in [-0.2, -0.15) is 0 Å². The summed E-state index contributed by atoms with van der Waals surface area (Å²) in [5.41, 5.74) is 2.49. The molecule has 1 aliphatic heterocycles. The number of hydrogen-bond donors (Lipinski definition) is 2. The Morgan fingerprint density at radius 1 is 1.38 bits per heavy atom. The fraction of sp³-hybridized carbons (Fsp3) is 0.538. The molecule has 1 atom stereocenters. The summed E-state index contributed by atoms with van der Waals surface area (Å²) in [6, 6.07) is 8.49. The van der Waals surface area contributed by atoms with Gasteiger partial charge in [0.05, 0.1) is 12.7 Å². The highest BCUT2D eigenvalue weighted by molar-refractivity contribution is 5.44. The smallest absolute Gasteiger partial charge is 0.0716 e. The molecule has 0 amide bonds. The van der Waals surface area contributed by atoms with Gasteiger partial charge in [-0.1, -0.05) is 17.7 Å². The van der Waals surface area contributed by atoms with E-state index in [1.807, 2.05) is 0 Å². The van der Waals surface area contributed by atoms with E-state index in [1.165, 1.54) is 11.3 Å². The van der Waals surface area contributed by atoms with E-state index >= 15 is 0 Å². The van der Waals surface area contributed by atoms with Gasteiger partial charge in [0.15, 0.2) is 0 Å². The van der Waals surface area contributed by atoms with Crippen LogP contribution in [0.1, 0.15) is 12.0 Å². The summed E-state index contributed by atoms with van der Waals surface area (Å²) >= 11 is 0. The summed E-state index contributed by atoms with van der Waals surface area (Å²) in [7, 11) is 0. The van der Waals surface area contributed by atoms with E-state index in [9.17, 15) is 0 Å². The molecule has 88 valence electrons. The van der Waals surface area contributed by atoms with E-state index < -0.39 is 0 Å². The van der Waals surface area contributed by atoms with Crippen LogP contribution in [0.4, 0.5) is 5.69 Å². The molecule has 0 spiro atoms. The third-order valence-electron chi connectivity index (χ3n) is 2.85. The number of aryl methyl sites for hydroxylation is 1. The largest absolute Gasteiger partial charge is 0.385 e. The predicted molar refractivity (Wildman–Crippen MR) is 66.9 cm³/mol. The summed E-state index contributed by atoms with van der Waals surface area (Å²) in [4.78, 5) is 0. The van der Waals surface area contributed by atoms with Crippen LogP contribution in [0.15, 0.2) is 24.3 Å². The Balaban J connectivity index is 1.69. The normalized spacial score (nSPS) is 20.7. The fourth-order valence-corrected chi connectivity index (χ4v) is 1.85. The van der Waals surface area contributed by atoms with Crippen LogP contribution in [-0.2, 0) is 4.74 Å². The van der Waals surface area contributed by atoms with Gasteiger partial charge in [0.1, 0.15) is 0 Å². The fourth-order valence-electron chi connectivity index (χ4n) is 1.85. The molecule has 0 aliphatic carbocycles. The minimum atomic E-state index is 0.367. The SMILES string of the molecule is Cc1ccc(NCCC2CNCCO2)cc1. The lowest BCUT2D eigenvalue weighted by atomic mass is 10.2. The molecule has 0 bridgehead atoms. The van der Waals surface area contributed by atoms with Crippen LogP contribution in [-0.4, -0.2) is 32.3 Å². The molecule has 1 saturated heterocycles. The number of ether oxygens (including phenoxy) is 1. The maximum Gasteiger partial charge on any atom is 0.0716 e. The minimum absolute atomic E-state index is 0.367. The Hall–Kier alpha value is -1.06. The van der Waals surface area contributed by atoms with Crippen LogP contribution in [0, 0.1) is 6.92 Å². The number of nitrogens with one attached hydrogen (secondary N) is 2. The van der Waals surface area contributed by atoms with Gasteiger partial charge in [0.2, 0.25) is 0 Å². The van der Waals surface area contributed by atoms with Crippen LogP contribution in [0.2, 0.25) is 0 Å². The zero-order chi connectivity index (χ0) is 11.2. The molecular formula is C13H20N2O. The van der Waals surface area contributed by atoms with Crippen molar-refractivity contribution in [2.75, 3.05) is 31.6 Å². The number of morpholine rings is 1. The number of hydrogen-bond acceptors (Lipinski definition) is 3. The third-order valence-corrected chi connectivity index (χ3v) is 2.85. The van der Waals surface area contributed by atoms with Gasteiger partial charge < -0.3 is 15.4 Å². The van der Waals surface area contributed by atoms with Crippen molar-refractivity contribution in [1.29, 1.82) is 0 Å². The van der Waals surface area contributed by atoms with Gasteiger partial charge in [-0.15, -0.1) is 0 Å². The van der Waals surface area contributed by atoms with Crippen LogP contribution < -0.4 is 10.6 Å². The Bertz CT molecular complexity index is 304. The van der Waals surface area contributed by atoms with Crippen molar-refractivity contribution in [3.05, 3.63) is 29.8 Å². The van der Waals surface area contributed by atoms with Crippen molar-refractivity contribution in [3.8, 4) is 0 Å². The van der Waals surface area contributed by atoms with Crippen LogP contribution >= 0.6 is 0 Å². The van der Waals surface area contributed by atoms with Crippen molar-refractivity contribution in [2.24, 2.45) is 0 Å². The first kappa shape index (κ1) is 11.4. The van der Waals surface area contributed by atoms with E-state index in [-0.39, 0.29) is 0 Å². The summed E-state index contributed by atoms with van der Waals surface area (Å²) in [5, 5.41) is 6.75. The molecule has 1 fully saturated rings. The van der Waals surface area contributed by atoms with E-state index in [0.29, 0.717) is 6.10 Å². The molecule has 2 N–H and O–H groups in total. The number of anilines is 1. The number of rotatable bonds is 4. The Morgan fingerprint density at radius 3 is 2.88 bits per heavy atom. The van der Waals surface area contributed by atoms with E-state index in [4.69, 9.17) is 4.74 Å². The highest BCUT2D eigenvalue weighted by Crippen LogP contribution is 2.09. The zero-order valence-electron chi connectivity index (χ0n) is 9.83. The quantitative estimate of drug-likeness (QED) is 0.811. The van der Waals surface area contributed by atoms with Crippen LogP contribution in [0.5, 0.6) is 0 Å². The van der Waals surface area contributed by atoms with Gasteiger partial charge in [0.25, 0.3) is 0 Å². The maximum absolute atomic E-state index is 5.63. The molecule has 0 saturated carbocycles. The lowest BCUT2D eigenvalue weighted by Gasteiger charge is -2.23. The van der Waals surface area contributed by atoms with Gasteiger partial charge in [-0.25, -0.2) is 0 Å². The molecule has 1 aliphatic rings. The van der Waals surface area contributed by atoms with Crippen molar-refractivity contribution >= 4 is 5.69 Å². The third kappa shape index (κ3) is 3.51. The topological polar surface area (TPSA) is 33.3 Å². The molecule has 3 nitrogen and oxygen atoms in total. The van der Waals surface area contributed by atoms with Crippen molar-refractivity contribution in [2.45, 2.75) is 19.4 Å². The first-order valence-electron chi connectivity index (χ1n) is 5.97. The zero-order valence-corrected chi connectivity index (χ0v) is 9.83. The van der Waals surface area contributed by atoms with Crippen molar-refractivity contribution < 1.29 is 4.74 Å². The summed E-state index contributed by atoms with van der Waals surface area (Å²) < 4.78 is 5.63. The van der Waals surface area contributed by atoms with E-state index in [2.05, 4.69) is 41.8 Å². The molecule has 0 radical (unpaired) electrons. The van der Waals surface area contributed by atoms with Gasteiger partial charge in [-0.05, 0) is 25.5 Å². The van der Waals surface area contributed by atoms with Gasteiger partial charge in [-0.3, -0.25) is 0 Å². The Labute approximate surface area is 97.2 Å². The van der Waals surface area contributed by atoms with Gasteiger partial charge in [0, 0.05) is 25.3 Å². The van der Waals surface area contributed by atoms with E-state index in [0.717, 1.165) is 32.7 Å². The molecule has 1 aromatic rings. The standard InChI is InChI=1S/C13H20N2O/c1-11-2-4-12(5-3-11)15-7-6-13-10-14-8-9-16-13/h2-5,13-15H,6-10H2,1H3. The molecule has 1 heterocycles. The molecular weight excluding hydrogens is 200 g/mol. The second-order valence-corrected chi connectivity index (χ2v) is 4.28. The molecule has 1 aromatic carbocycles. The summed E-state index contributed by atoms with van der Waals surface area (Å²) in [6.45, 7) is 5.88. The Kier molecular flexibility index (Phi) is 4.19. The van der Waals surface area contributed by atoms with Crippen LogP contribution in [0.25, 0.3) is 0 Å². The molecule has 0 aromatic heterocycles. The Morgan fingerprint density at radius 2 is 2.19 bits per heavy atom. The average Bonchev–Trinajstić information content (AvgIpc) is 2.33. The summed E-state index contributed by atoms with van der Waals surface area (Å²) in [5.74, 6) is 0. The molecule has 2 rings (SSSR count). The minimum Gasteiger partial charge on any atom is -0.385 e. The highest BCUT2D eigenvalue weighted by atomic mass is 16.5. The van der Waals surface area contributed by atoms with E-state index in [1.54, 1.807) is 0 Å². The monoisotopic (exact) mass is 220 g/mol. The second-order valence-electron chi connectivity index (χ2n) is 4.28. The molecule has 3 heteroatoms. The van der Waals surface area contributed by atoms with Crippen molar-refractivity contribution in [3.63, 3.8) is 0 Å². The predicted octanol–water partition coefficient (Wildman–Crippen LogP) is 1.79. The van der Waals surface area contributed by atoms with Crippen LogP contribution in [0.3, 0.4) is 0 Å². The summed E-state index contributed by atoms with van der Waals surface area (Å²) in [6.07, 6.45) is 1.42. The number of benzene rings is 1. The second kappa shape index (κ2) is 5.87. The molecule has 16 heavy (non-hydrogen) atoms. The average molecular weight is 220 g/mol. The lowest BCUT2D eigenvalue weighted by molar-refractivity contribution is 0.0258. The van der Waals surface area contributed by atoms with Crippen molar-refractivity contribution in [1.82, 2.24) is 5.32 Å². The first-order valence-corrected chi connectivity index (χ1v) is 5.97. The highest BCUT2D eigenvalue weighted by Gasteiger charge is 2.12. The lowest BCUT2D eigenvalue weighted by Crippen LogP contribution is -2.39. The maximum atomic E-state index is 5.63. The molecule has 1 unspecified atom stereocenters. The van der Waals surface area contributed by atoms with Gasteiger partial charge >= 0.3 is 0 Å². The first-order chi connectivity index (χ1) is 7.84.